The van der Waals surface area contributed by atoms with Crippen LogP contribution in [0.25, 0.3) is 111 Å². The summed E-state index contributed by atoms with van der Waals surface area (Å²) in [5.74, 6) is 1.77. The smallest absolute Gasteiger partial charge is 0.238 e. The highest BCUT2D eigenvalue weighted by Gasteiger charge is 2.27. The van der Waals surface area contributed by atoms with Gasteiger partial charge in [-0.1, -0.05) is 193 Å². The molecule has 5 nitrogen and oxygen atoms in total. The maximum absolute atomic E-state index is 5.45. The normalized spacial score (nSPS) is 11.6. The second-order valence-electron chi connectivity index (χ2n) is 17.7. The molecule has 0 aliphatic rings. The van der Waals surface area contributed by atoms with E-state index in [2.05, 4.69) is 218 Å². The minimum atomic E-state index is 0.555. The average molecular weight is 851 g/mol. The molecule has 0 aliphatic heterocycles. The van der Waals surface area contributed by atoms with Crippen LogP contribution in [-0.4, -0.2) is 63.3 Å². The van der Waals surface area contributed by atoms with Crippen molar-refractivity contribution in [1.82, 2.24) is 24.1 Å². The Hall–Kier alpha value is -8.09. The predicted molar refractivity (Wildman–Crippen MR) is 297 cm³/mol. The fraction of sp³-hybridized carbons (Fsp3) is 0. The molecule has 310 valence electrons. The summed E-state index contributed by atoms with van der Waals surface area (Å²) in [6, 6.07) is 69.1. The third-order valence-electron chi connectivity index (χ3n) is 14.2. The van der Waals surface area contributed by atoms with Gasteiger partial charge >= 0.3 is 0 Å². The van der Waals surface area contributed by atoms with Gasteiger partial charge in [0.05, 0.1) is 27.8 Å². The molecule has 10 heteroatoms. The Morgan fingerprint density at radius 3 is 1.30 bits per heavy atom. The monoisotopic (exact) mass is 851 g/mol. The molecule has 12 aromatic rings. The molecule has 0 saturated heterocycles. The molecule has 0 fully saturated rings. The fourth-order valence-electron chi connectivity index (χ4n) is 10.4. The molecule has 9 aromatic carbocycles. The number of fused-ring (bicyclic) bond motifs is 7. The van der Waals surface area contributed by atoms with E-state index in [4.69, 9.17) is 15.0 Å². The van der Waals surface area contributed by atoms with Gasteiger partial charge in [0.2, 0.25) is 5.95 Å². The van der Waals surface area contributed by atoms with Gasteiger partial charge in [-0.25, -0.2) is 4.98 Å². The third kappa shape index (κ3) is 6.50. The van der Waals surface area contributed by atoms with Crippen LogP contribution in [0.2, 0.25) is 0 Å². The second kappa shape index (κ2) is 16.1. The van der Waals surface area contributed by atoms with E-state index in [0.29, 0.717) is 17.6 Å². The van der Waals surface area contributed by atoms with E-state index in [9.17, 15) is 0 Å². The van der Waals surface area contributed by atoms with E-state index in [1.54, 1.807) is 0 Å². The highest BCUT2D eigenvalue weighted by atomic mass is 15.2. The highest BCUT2D eigenvalue weighted by Crippen LogP contribution is 2.45. The van der Waals surface area contributed by atoms with Gasteiger partial charge in [0, 0.05) is 43.8 Å². The third-order valence-corrected chi connectivity index (χ3v) is 14.2. The summed E-state index contributed by atoms with van der Waals surface area (Å²) in [5.41, 5.74) is 20.9. The van der Waals surface area contributed by atoms with E-state index in [1.807, 2.05) is 24.3 Å². The first-order valence-electron chi connectivity index (χ1n) is 23.0. The lowest BCUT2D eigenvalue weighted by Crippen LogP contribution is -2.55. The van der Waals surface area contributed by atoms with Crippen LogP contribution < -0.4 is 27.3 Å². The Labute approximate surface area is 394 Å². The summed E-state index contributed by atoms with van der Waals surface area (Å²) in [6.07, 6.45) is 0. The molecule has 0 unspecified atom stereocenters. The summed E-state index contributed by atoms with van der Waals surface area (Å²) < 4.78 is 4.84. The first-order valence-corrected chi connectivity index (χ1v) is 23.0. The molecule has 0 atom stereocenters. The van der Waals surface area contributed by atoms with Crippen molar-refractivity contribution in [1.29, 1.82) is 0 Å². The zero-order chi connectivity index (χ0) is 45.3. The summed E-state index contributed by atoms with van der Waals surface area (Å²) in [4.78, 5) is 16.1. The van der Waals surface area contributed by atoms with Crippen molar-refractivity contribution in [2.24, 2.45) is 0 Å². The van der Waals surface area contributed by atoms with Crippen LogP contribution >= 0.6 is 0 Å². The van der Waals surface area contributed by atoms with Gasteiger partial charge in [-0.15, -0.1) is 16.4 Å². The molecule has 0 amide bonds. The number of para-hydroxylation sites is 3. The molecule has 12 rings (SSSR count). The highest BCUT2D eigenvalue weighted by molar-refractivity contribution is 6.68. The Balaban J connectivity index is 1.23. The Bertz CT molecular complexity index is 3880. The van der Waals surface area contributed by atoms with E-state index in [1.165, 1.54) is 43.8 Å². The number of aromatic nitrogens is 5. The molecule has 0 saturated carbocycles. The van der Waals surface area contributed by atoms with Crippen LogP contribution in [0.5, 0.6) is 0 Å². The molecule has 0 radical (unpaired) electrons. The van der Waals surface area contributed by atoms with Gasteiger partial charge in [0.15, 0.2) is 11.6 Å². The van der Waals surface area contributed by atoms with E-state index in [-0.39, 0.29) is 0 Å². The topological polar surface area (TPSA) is 48.5 Å². The van der Waals surface area contributed by atoms with Crippen LogP contribution in [0.3, 0.4) is 0 Å². The molecular weight excluding hydrogens is 809 g/mol. The van der Waals surface area contributed by atoms with Gasteiger partial charge < -0.3 is 4.57 Å². The Kier molecular flexibility index (Phi) is 9.72. The van der Waals surface area contributed by atoms with Crippen LogP contribution in [0.4, 0.5) is 0 Å². The predicted octanol–water partition coefficient (Wildman–Crippen LogP) is 5.69. The lowest BCUT2D eigenvalue weighted by Gasteiger charge is -2.25. The van der Waals surface area contributed by atoms with Crippen molar-refractivity contribution in [3.8, 4) is 67.8 Å². The van der Waals surface area contributed by atoms with Crippen molar-refractivity contribution in [3.63, 3.8) is 0 Å². The van der Waals surface area contributed by atoms with Crippen LogP contribution in [0.1, 0.15) is 0 Å². The maximum atomic E-state index is 5.45. The maximum Gasteiger partial charge on any atom is 0.238 e. The van der Waals surface area contributed by atoms with Crippen LogP contribution in [0.15, 0.2) is 194 Å². The zero-order valence-corrected chi connectivity index (χ0v) is 38.2. The molecular formula is C57H42B5N5. The lowest BCUT2D eigenvalue weighted by atomic mass is 9.59. The van der Waals surface area contributed by atoms with E-state index in [0.717, 1.165) is 77.3 Å². The first-order chi connectivity index (χ1) is 32.9. The summed E-state index contributed by atoms with van der Waals surface area (Å²) in [6.45, 7) is 0. The lowest BCUT2D eigenvalue weighted by molar-refractivity contribution is 0.953. The van der Waals surface area contributed by atoms with Crippen LogP contribution in [-0.2, 0) is 0 Å². The van der Waals surface area contributed by atoms with E-state index < -0.39 is 0 Å². The molecule has 3 heterocycles. The van der Waals surface area contributed by atoms with Crippen molar-refractivity contribution in [2.75, 3.05) is 0 Å². The number of rotatable bonds is 7. The van der Waals surface area contributed by atoms with Gasteiger partial charge in [-0.3, -0.25) is 4.57 Å². The van der Waals surface area contributed by atoms with Crippen molar-refractivity contribution < 1.29 is 0 Å². The van der Waals surface area contributed by atoms with Crippen LogP contribution in [0, 0.1) is 0 Å². The number of nitrogens with zero attached hydrogens (tertiary/aromatic N) is 5. The van der Waals surface area contributed by atoms with Gasteiger partial charge in [0.1, 0.15) is 39.2 Å². The number of hydrogen-bond acceptors (Lipinski definition) is 3. The second-order valence-corrected chi connectivity index (χ2v) is 17.7. The quantitative estimate of drug-likeness (QED) is 0.194. The number of benzene rings is 9. The first kappa shape index (κ1) is 40.4. The zero-order valence-electron chi connectivity index (χ0n) is 38.2. The minimum absolute atomic E-state index is 0.555. The molecule has 0 bridgehead atoms. The Morgan fingerprint density at radius 2 is 0.716 bits per heavy atom. The molecule has 0 aliphatic carbocycles. The van der Waals surface area contributed by atoms with Crippen molar-refractivity contribution in [2.45, 2.75) is 0 Å². The van der Waals surface area contributed by atoms with E-state index >= 15 is 0 Å². The van der Waals surface area contributed by atoms with Gasteiger partial charge in [0.25, 0.3) is 0 Å². The summed E-state index contributed by atoms with van der Waals surface area (Å²) in [7, 11) is 11.4. The molecule has 67 heavy (non-hydrogen) atoms. The minimum Gasteiger partial charge on any atom is -0.306 e. The Morgan fingerprint density at radius 1 is 0.299 bits per heavy atom. The fourth-order valence-corrected chi connectivity index (χ4v) is 10.4. The standard InChI is InChI=1S/C57H42B5N5/c58-47-46(48(59)50(61)51(62)49(47)60)43-24-14-23-38(35-17-6-2-7-18-35)52(43)66-44-25-12-10-21-39(44)41-31-32-42-40-22-11-13-26-45(40)67(54(42)53(41)66)57-64-55(36-19-8-3-9-20-36)63-56(65-57)37-29-27-34(28-30-37)33-15-4-1-5-16-33/h1-32H,58-62H2. The van der Waals surface area contributed by atoms with Crippen molar-refractivity contribution in [3.05, 3.63) is 194 Å². The van der Waals surface area contributed by atoms with Gasteiger partial charge in [-0.05, 0) is 34.4 Å². The summed E-state index contributed by atoms with van der Waals surface area (Å²) in [5, 5.41) is 4.57. The van der Waals surface area contributed by atoms with Gasteiger partial charge in [-0.2, -0.15) is 9.97 Å². The molecule has 3 aromatic heterocycles. The average Bonchev–Trinajstić information content (AvgIpc) is 3.91. The number of hydrogen-bond donors (Lipinski definition) is 0. The summed E-state index contributed by atoms with van der Waals surface area (Å²) >= 11 is 0. The molecule has 0 N–H and O–H groups in total. The SMILES string of the molecule is Bc1c(B)c(B)c(-c2cccc(-c3ccccc3)c2-n2c3ccccc3c3ccc4c5ccccc5n(-c5nc(-c6ccccc6)nc(-c6ccc(-c7ccccc7)cc6)n5)c4c32)c(B)c1B. The molecule has 0 spiro atoms. The largest absolute Gasteiger partial charge is 0.306 e. The van der Waals surface area contributed by atoms with Crippen molar-refractivity contribution >= 4 is 110 Å².